The molecule has 6 nitrogen and oxygen atoms in total. The SMILES string of the molecule is CCOc1ccc(NC(=O)c2c(C)sc3ncnc(N4CCC[C@H](C)C4)c23)cc1. The van der Waals surface area contributed by atoms with Crippen LogP contribution in [0.3, 0.4) is 0 Å². The van der Waals surface area contributed by atoms with Crippen molar-refractivity contribution < 1.29 is 9.53 Å². The molecule has 0 aliphatic carbocycles. The van der Waals surface area contributed by atoms with E-state index in [2.05, 4.69) is 27.1 Å². The van der Waals surface area contributed by atoms with Crippen molar-refractivity contribution in [3.63, 3.8) is 0 Å². The van der Waals surface area contributed by atoms with Crippen molar-refractivity contribution in [1.29, 1.82) is 0 Å². The van der Waals surface area contributed by atoms with E-state index in [4.69, 9.17) is 4.74 Å². The molecule has 0 spiro atoms. The Morgan fingerprint density at radius 3 is 2.83 bits per heavy atom. The summed E-state index contributed by atoms with van der Waals surface area (Å²) in [6, 6.07) is 7.44. The fourth-order valence-corrected chi connectivity index (χ4v) is 4.90. The quantitative estimate of drug-likeness (QED) is 0.649. The molecule has 2 aromatic heterocycles. The number of benzene rings is 1. The molecule has 4 rings (SSSR count). The summed E-state index contributed by atoms with van der Waals surface area (Å²) in [5.74, 6) is 2.16. The number of rotatable bonds is 5. The third kappa shape index (κ3) is 4.05. The molecule has 7 heteroatoms. The van der Waals surface area contributed by atoms with E-state index in [1.165, 1.54) is 6.42 Å². The zero-order chi connectivity index (χ0) is 20.4. The summed E-state index contributed by atoms with van der Waals surface area (Å²) in [6.45, 7) is 8.73. The molecule has 1 aliphatic rings. The number of hydrogen-bond donors (Lipinski definition) is 1. The fraction of sp³-hybridized carbons (Fsp3) is 0.409. The predicted molar refractivity (Wildman–Crippen MR) is 118 cm³/mol. The fourth-order valence-electron chi connectivity index (χ4n) is 3.92. The molecule has 1 fully saturated rings. The zero-order valence-electron chi connectivity index (χ0n) is 17.1. The number of nitrogens with one attached hydrogen (secondary N) is 1. The van der Waals surface area contributed by atoms with Gasteiger partial charge in [-0.2, -0.15) is 0 Å². The lowest BCUT2D eigenvalue weighted by Gasteiger charge is -2.32. The number of hydrogen-bond acceptors (Lipinski definition) is 6. The average molecular weight is 411 g/mol. The van der Waals surface area contributed by atoms with E-state index >= 15 is 0 Å². The van der Waals surface area contributed by atoms with E-state index in [0.717, 1.165) is 51.9 Å². The molecular formula is C22H26N4O2S. The second kappa shape index (κ2) is 8.37. The summed E-state index contributed by atoms with van der Waals surface area (Å²) in [5.41, 5.74) is 1.41. The largest absolute Gasteiger partial charge is 0.494 e. The third-order valence-electron chi connectivity index (χ3n) is 5.25. The van der Waals surface area contributed by atoms with E-state index in [1.54, 1.807) is 17.7 Å². The number of anilines is 2. The minimum Gasteiger partial charge on any atom is -0.494 e. The number of thiophene rings is 1. The van der Waals surface area contributed by atoms with Gasteiger partial charge in [-0.1, -0.05) is 6.92 Å². The van der Waals surface area contributed by atoms with Gasteiger partial charge in [0.2, 0.25) is 0 Å². The van der Waals surface area contributed by atoms with E-state index in [9.17, 15) is 4.79 Å². The van der Waals surface area contributed by atoms with Crippen LogP contribution in [0.2, 0.25) is 0 Å². The highest BCUT2D eigenvalue weighted by molar-refractivity contribution is 7.19. The van der Waals surface area contributed by atoms with Gasteiger partial charge in [-0.15, -0.1) is 11.3 Å². The van der Waals surface area contributed by atoms with Crippen molar-refractivity contribution >= 4 is 39.0 Å². The van der Waals surface area contributed by atoms with Gasteiger partial charge in [0.25, 0.3) is 5.91 Å². The highest BCUT2D eigenvalue weighted by Crippen LogP contribution is 2.36. The number of fused-ring (bicyclic) bond motifs is 1. The van der Waals surface area contributed by atoms with E-state index in [1.807, 2.05) is 38.1 Å². The Morgan fingerprint density at radius 1 is 1.31 bits per heavy atom. The van der Waals surface area contributed by atoms with Gasteiger partial charge in [-0.3, -0.25) is 4.79 Å². The predicted octanol–water partition coefficient (Wildman–Crippen LogP) is 4.89. The highest BCUT2D eigenvalue weighted by Gasteiger charge is 2.25. The molecule has 1 saturated heterocycles. The lowest BCUT2D eigenvalue weighted by molar-refractivity contribution is 0.102. The smallest absolute Gasteiger partial charge is 0.257 e. The van der Waals surface area contributed by atoms with E-state index < -0.39 is 0 Å². The van der Waals surface area contributed by atoms with Crippen LogP contribution < -0.4 is 15.0 Å². The Morgan fingerprint density at radius 2 is 2.10 bits per heavy atom. The monoisotopic (exact) mass is 410 g/mol. The molecule has 1 aromatic carbocycles. The van der Waals surface area contributed by atoms with Crippen molar-refractivity contribution in [1.82, 2.24) is 9.97 Å². The van der Waals surface area contributed by atoms with E-state index in [-0.39, 0.29) is 5.91 Å². The molecule has 1 amide bonds. The van der Waals surface area contributed by atoms with Crippen molar-refractivity contribution in [3.05, 3.63) is 41.0 Å². The number of aromatic nitrogens is 2. The second-order valence-corrected chi connectivity index (χ2v) is 8.72. The van der Waals surface area contributed by atoms with Crippen LogP contribution in [-0.4, -0.2) is 35.6 Å². The lowest BCUT2D eigenvalue weighted by atomic mass is 10.00. The van der Waals surface area contributed by atoms with Crippen LogP contribution in [0.5, 0.6) is 5.75 Å². The summed E-state index contributed by atoms with van der Waals surface area (Å²) in [4.78, 5) is 26.4. The number of aryl methyl sites for hydroxylation is 1. The van der Waals surface area contributed by atoms with Crippen LogP contribution in [0.15, 0.2) is 30.6 Å². The molecule has 0 bridgehead atoms. The van der Waals surface area contributed by atoms with Crippen molar-refractivity contribution in [2.45, 2.75) is 33.6 Å². The van der Waals surface area contributed by atoms with Crippen molar-refractivity contribution in [3.8, 4) is 5.75 Å². The number of piperidine rings is 1. The lowest BCUT2D eigenvalue weighted by Crippen LogP contribution is -2.35. The second-order valence-electron chi connectivity index (χ2n) is 7.52. The number of carbonyl (C=O) groups is 1. The molecule has 3 heterocycles. The molecule has 0 saturated carbocycles. The first kappa shape index (κ1) is 19.6. The number of amides is 1. The summed E-state index contributed by atoms with van der Waals surface area (Å²) >= 11 is 1.55. The van der Waals surface area contributed by atoms with Crippen LogP contribution in [0.25, 0.3) is 10.2 Å². The highest BCUT2D eigenvalue weighted by atomic mass is 32.1. The first-order valence-corrected chi connectivity index (χ1v) is 10.9. The average Bonchev–Trinajstić information content (AvgIpc) is 3.05. The maximum Gasteiger partial charge on any atom is 0.257 e. The van der Waals surface area contributed by atoms with Crippen LogP contribution >= 0.6 is 11.3 Å². The molecule has 3 aromatic rings. The van der Waals surface area contributed by atoms with Gasteiger partial charge in [0, 0.05) is 23.7 Å². The Hall–Kier alpha value is -2.67. The standard InChI is InChI=1S/C22H26N4O2S/c1-4-28-17-9-7-16(8-10-17)25-21(27)18-15(3)29-22-19(18)20(23-13-24-22)26-11-5-6-14(2)12-26/h7-10,13-14H,4-6,11-12H2,1-3H3,(H,25,27)/t14-/m0/s1. The van der Waals surface area contributed by atoms with Gasteiger partial charge >= 0.3 is 0 Å². The molecule has 0 unspecified atom stereocenters. The summed E-state index contributed by atoms with van der Waals surface area (Å²) < 4.78 is 5.47. The molecule has 152 valence electrons. The van der Waals surface area contributed by atoms with Crippen molar-refractivity contribution in [2.75, 3.05) is 29.9 Å². The van der Waals surface area contributed by atoms with E-state index in [0.29, 0.717) is 18.1 Å². The summed E-state index contributed by atoms with van der Waals surface area (Å²) in [7, 11) is 0. The van der Waals surface area contributed by atoms with Crippen LogP contribution in [-0.2, 0) is 0 Å². The summed E-state index contributed by atoms with van der Waals surface area (Å²) in [6.07, 6.45) is 3.99. The van der Waals surface area contributed by atoms with Crippen LogP contribution in [0, 0.1) is 12.8 Å². The molecule has 1 aliphatic heterocycles. The molecule has 29 heavy (non-hydrogen) atoms. The van der Waals surface area contributed by atoms with Gasteiger partial charge < -0.3 is 15.0 Å². The van der Waals surface area contributed by atoms with Crippen LogP contribution in [0.4, 0.5) is 11.5 Å². The number of ether oxygens (including phenoxy) is 1. The van der Waals surface area contributed by atoms with Crippen LogP contribution in [0.1, 0.15) is 41.9 Å². The zero-order valence-corrected chi connectivity index (χ0v) is 17.9. The maximum absolute atomic E-state index is 13.2. The number of nitrogens with zero attached hydrogens (tertiary/aromatic N) is 3. The Labute approximate surface area is 174 Å². The third-order valence-corrected chi connectivity index (χ3v) is 6.26. The first-order valence-electron chi connectivity index (χ1n) is 10.1. The molecule has 1 atom stereocenters. The van der Waals surface area contributed by atoms with Gasteiger partial charge in [-0.05, 0) is 56.9 Å². The van der Waals surface area contributed by atoms with Gasteiger partial charge in [0.1, 0.15) is 22.7 Å². The first-order chi connectivity index (χ1) is 14.1. The maximum atomic E-state index is 13.2. The molecule has 1 N–H and O–H groups in total. The molecular weight excluding hydrogens is 384 g/mol. The van der Waals surface area contributed by atoms with Gasteiger partial charge in [0.15, 0.2) is 0 Å². The summed E-state index contributed by atoms with van der Waals surface area (Å²) in [5, 5.41) is 3.89. The minimum absolute atomic E-state index is 0.126. The van der Waals surface area contributed by atoms with Crippen molar-refractivity contribution in [2.24, 2.45) is 5.92 Å². The Kier molecular flexibility index (Phi) is 5.67. The Bertz CT molecular complexity index is 1020. The normalized spacial score (nSPS) is 16.8. The Balaban J connectivity index is 1.67. The molecule has 0 radical (unpaired) electrons. The minimum atomic E-state index is -0.126. The number of carbonyl (C=O) groups excluding carboxylic acids is 1. The van der Waals surface area contributed by atoms with Gasteiger partial charge in [0.05, 0.1) is 17.6 Å². The van der Waals surface area contributed by atoms with Gasteiger partial charge in [-0.25, -0.2) is 9.97 Å². The topological polar surface area (TPSA) is 67.3 Å².